The summed E-state index contributed by atoms with van der Waals surface area (Å²) in [6, 6.07) is 0.198. The molecule has 4 nitrogen and oxygen atoms in total. The van der Waals surface area contributed by atoms with E-state index in [0.29, 0.717) is 11.3 Å². The summed E-state index contributed by atoms with van der Waals surface area (Å²) in [5, 5.41) is 15.7. The molecule has 1 fully saturated rings. The molecule has 1 rings (SSSR count). The molecule has 0 spiro atoms. The van der Waals surface area contributed by atoms with Crippen LogP contribution in [0.15, 0.2) is 0 Å². The summed E-state index contributed by atoms with van der Waals surface area (Å²) in [4.78, 5) is 11.9. The minimum atomic E-state index is -0.0973. The van der Waals surface area contributed by atoms with E-state index in [1.807, 2.05) is 25.6 Å². The van der Waals surface area contributed by atoms with Crippen LogP contribution in [0.1, 0.15) is 46.5 Å². The zero-order chi connectivity index (χ0) is 14.3. The molecule has 1 aliphatic carbocycles. The molecule has 112 valence electrons. The van der Waals surface area contributed by atoms with Crippen LogP contribution in [0.4, 0.5) is 4.79 Å². The third kappa shape index (κ3) is 6.04. The van der Waals surface area contributed by atoms with Crippen molar-refractivity contribution in [3.8, 4) is 0 Å². The van der Waals surface area contributed by atoms with Crippen molar-refractivity contribution in [3.63, 3.8) is 0 Å². The van der Waals surface area contributed by atoms with Gasteiger partial charge in [-0.2, -0.15) is 11.8 Å². The molecule has 0 radical (unpaired) electrons. The molecule has 0 saturated heterocycles. The lowest BCUT2D eigenvalue weighted by molar-refractivity contribution is 0.197. The van der Waals surface area contributed by atoms with Crippen LogP contribution >= 0.6 is 11.8 Å². The van der Waals surface area contributed by atoms with Crippen molar-refractivity contribution < 1.29 is 9.90 Å². The van der Waals surface area contributed by atoms with Crippen molar-refractivity contribution in [1.29, 1.82) is 0 Å². The second-order valence-corrected chi connectivity index (χ2v) is 7.08. The molecular weight excluding hydrogens is 260 g/mol. The van der Waals surface area contributed by atoms with E-state index in [9.17, 15) is 4.79 Å². The van der Waals surface area contributed by atoms with Gasteiger partial charge >= 0.3 is 6.03 Å². The van der Waals surface area contributed by atoms with Crippen molar-refractivity contribution in [2.45, 2.75) is 63.8 Å². The molecular formula is C14H28N2O2S. The van der Waals surface area contributed by atoms with Crippen LogP contribution in [-0.4, -0.2) is 40.8 Å². The largest absolute Gasteiger partial charge is 0.396 e. The maximum atomic E-state index is 11.9. The van der Waals surface area contributed by atoms with E-state index in [-0.39, 0.29) is 24.6 Å². The molecule has 4 atom stereocenters. The summed E-state index contributed by atoms with van der Waals surface area (Å²) in [6.07, 6.45) is 4.63. The first-order chi connectivity index (χ1) is 9.06. The number of rotatable bonds is 6. The van der Waals surface area contributed by atoms with E-state index in [1.165, 1.54) is 12.8 Å². The van der Waals surface area contributed by atoms with Gasteiger partial charge in [-0.25, -0.2) is 4.79 Å². The quantitative estimate of drug-likeness (QED) is 0.703. The van der Waals surface area contributed by atoms with Crippen LogP contribution in [0.25, 0.3) is 0 Å². The van der Waals surface area contributed by atoms with Gasteiger partial charge in [0.05, 0.1) is 0 Å². The van der Waals surface area contributed by atoms with E-state index < -0.39 is 0 Å². The Hall–Kier alpha value is -0.420. The number of carbonyl (C=O) groups is 1. The Morgan fingerprint density at radius 3 is 2.79 bits per heavy atom. The highest BCUT2D eigenvalue weighted by molar-refractivity contribution is 7.99. The van der Waals surface area contributed by atoms with Crippen LogP contribution in [0, 0.1) is 5.92 Å². The average Bonchev–Trinajstić information content (AvgIpc) is 2.38. The number of aliphatic hydroxyl groups excluding tert-OH is 1. The predicted molar refractivity (Wildman–Crippen MR) is 81.6 cm³/mol. The molecule has 0 aromatic rings. The maximum Gasteiger partial charge on any atom is 0.315 e. The second-order valence-electron chi connectivity index (χ2n) is 5.51. The van der Waals surface area contributed by atoms with Crippen LogP contribution in [0.2, 0.25) is 0 Å². The first-order valence-electron chi connectivity index (χ1n) is 7.36. The number of hydrogen-bond acceptors (Lipinski definition) is 3. The van der Waals surface area contributed by atoms with Gasteiger partial charge in [0, 0.05) is 23.9 Å². The standard InChI is InChI=1S/C14H28N2O2S/c1-4-19-13-7-5-6-12(8-13)16-14(18)15-11(3)10(2)9-17/h10-13,17H,4-9H2,1-3H3,(H2,15,16,18). The molecule has 0 aliphatic heterocycles. The lowest BCUT2D eigenvalue weighted by atomic mass is 9.95. The fraction of sp³-hybridized carbons (Fsp3) is 0.929. The van der Waals surface area contributed by atoms with Gasteiger partial charge in [0.15, 0.2) is 0 Å². The molecule has 1 saturated carbocycles. The minimum Gasteiger partial charge on any atom is -0.396 e. The number of aliphatic hydroxyl groups is 1. The number of carbonyl (C=O) groups excluding carboxylic acids is 1. The summed E-state index contributed by atoms with van der Waals surface area (Å²) in [5.74, 6) is 1.23. The first-order valence-corrected chi connectivity index (χ1v) is 8.41. The Labute approximate surface area is 121 Å². The molecule has 1 aliphatic rings. The topological polar surface area (TPSA) is 61.4 Å². The number of urea groups is 1. The van der Waals surface area contributed by atoms with Crippen molar-refractivity contribution >= 4 is 17.8 Å². The molecule has 2 amide bonds. The number of hydrogen-bond donors (Lipinski definition) is 3. The van der Waals surface area contributed by atoms with Crippen molar-refractivity contribution in [1.82, 2.24) is 10.6 Å². The second kappa shape index (κ2) is 8.69. The molecule has 4 unspecified atom stereocenters. The van der Waals surface area contributed by atoms with Crippen molar-refractivity contribution in [3.05, 3.63) is 0 Å². The average molecular weight is 288 g/mol. The van der Waals surface area contributed by atoms with Crippen molar-refractivity contribution in [2.75, 3.05) is 12.4 Å². The minimum absolute atomic E-state index is 0.00518. The molecule has 19 heavy (non-hydrogen) atoms. The van der Waals surface area contributed by atoms with Gasteiger partial charge in [0.2, 0.25) is 0 Å². The Kier molecular flexibility index (Phi) is 7.61. The normalized spacial score (nSPS) is 26.5. The molecule has 3 N–H and O–H groups in total. The van der Waals surface area contributed by atoms with Crippen LogP contribution in [-0.2, 0) is 0 Å². The fourth-order valence-electron chi connectivity index (χ4n) is 2.40. The van der Waals surface area contributed by atoms with E-state index >= 15 is 0 Å². The summed E-state index contributed by atoms with van der Waals surface area (Å²) in [7, 11) is 0. The van der Waals surface area contributed by atoms with Crippen LogP contribution < -0.4 is 10.6 Å². The predicted octanol–water partition coefficient (Wildman–Crippen LogP) is 2.37. The Morgan fingerprint density at radius 1 is 1.42 bits per heavy atom. The summed E-state index contributed by atoms with van der Waals surface area (Å²) < 4.78 is 0. The Bertz CT molecular complexity index is 274. The van der Waals surface area contributed by atoms with Crippen LogP contribution in [0.3, 0.4) is 0 Å². The monoisotopic (exact) mass is 288 g/mol. The molecule has 0 aromatic carbocycles. The highest BCUT2D eigenvalue weighted by Crippen LogP contribution is 2.28. The molecule has 0 heterocycles. The van der Waals surface area contributed by atoms with Gasteiger partial charge in [-0.3, -0.25) is 0 Å². The zero-order valence-corrected chi connectivity index (χ0v) is 13.1. The third-order valence-electron chi connectivity index (χ3n) is 3.86. The number of amides is 2. The molecule has 0 aromatic heterocycles. The molecule has 0 bridgehead atoms. The van der Waals surface area contributed by atoms with Gasteiger partial charge in [-0.15, -0.1) is 0 Å². The number of thioether (sulfide) groups is 1. The summed E-state index contributed by atoms with van der Waals surface area (Å²) >= 11 is 2.00. The van der Waals surface area contributed by atoms with Crippen LogP contribution in [0.5, 0.6) is 0 Å². The lowest BCUT2D eigenvalue weighted by Gasteiger charge is -2.30. The smallest absolute Gasteiger partial charge is 0.315 e. The first kappa shape index (κ1) is 16.6. The maximum absolute atomic E-state index is 11.9. The summed E-state index contributed by atoms with van der Waals surface area (Å²) in [5.41, 5.74) is 0. The SMILES string of the molecule is CCSC1CCCC(NC(=O)NC(C)C(C)CO)C1. The van der Waals surface area contributed by atoms with E-state index in [0.717, 1.165) is 18.6 Å². The number of nitrogens with one attached hydrogen (secondary N) is 2. The highest BCUT2D eigenvalue weighted by Gasteiger charge is 2.23. The molecule has 5 heteroatoms. The van der Waals surface area contributed by atoms with Gasteiger partial charge in [-0.05, 0) is 37.9 Å². The van der Waals surface area contributed by atoms with Gasteiger partial charge in [-0.1, -0.05) is 20.3 Å². The van der Waals surface area contributed by atoms with E-state index in [2.05, 4.69) is 17.6 Å². The zero-order valence-electron chi connectivity index (χ0n) is 12.3. The highest BCUT2D eigenvalue weighted by atomic mass is 32.2. The lowest BCUT2D eigenvalue weighted by Crippen LogP contribution is -2.49. The van der Waals surface area contributed by atoms with Gasteiger partial charge < -0.3 is 15.7 Å². The fourth-order valence-corrected chi connectivity index (χ4v) is 3.57. The Morgan fingerprint density at radius 2 is 2.16 bits per heavy atom. The van der Waals surface area contributed by atoms with E-state index in [4.69, 9.17) is 5.11 Å². The van der Waals surface area contributed by atoms with Gasteiger partial charge in [0.1, 0.15) is 0 Å². The summed E-state index contributed by atoms with van der Waals surface area (Å²) in [6.45, 7) is 6.14. The third-order valence-corrected chi connectivity index (χ3v) is 5.10. The van der Waals surface area contributed by atoms with E-state index in [1.54, 1.807) is 0 Å². The van der Waals surface area contributed by atoms with Gasteiger partial charge in [0.25, 0.3) is 0 Å². The van der Waals surface area contributed by atoms with Crippen molar-refractivity contribution in [2.24, 2.45) is 5.92 Å². The Balaban J connectivity index is 2.31.